The highest BCUT2D eigenvalue weighted by atomic mass is 16.3. The fourth-order valence-electron chi connectivity index (χ4n) is 2.35. The van der Waals surface area contributed by atoms with Crippen LogP contribution in [-0.2, 0) is 0 Å². The van der Waals surface area contributed by atoms with E-state index in [1.807, 2.05) is 20.0 Å². The van der Waals surface area contributed by atoms with Gasteiger partial charge in [-0.15, -0.1) is 0 Å². The van der Waals surface area contributed by atoms with Gasteiger partial charge in [0.05, 0.1) is 6.10 Å². The van der Waals surface area contributed by atoms with Crippen molar-refractivity contribution in [3.63, 3.8) is 0 Å². The first-order valence-corrected chi connectivity index (χ1v) is 6.57. The van der Waals surface area contributed by atoms with Gasteiger partial charge < -0.3 is 15.3 Å². The van der Waals surface area contributed by atoms with Crippen molar-refractivity contribution < 1.29 is 5.11 Å². The molecular formula is C13H22N4O. The summed E-state index contributed by atoms with van der Waals surface area (Å²) >= 11 is 0. The summed E-state index contributed by atoms with van der Waals surface area (Å²) in [5, 5.41) is 12.5. The fraction of sp³-hybridized carbons (Fsp3) is 0.692. The highest BCUT2D eigenvalue weighted by Crippen LogP contribution is 2.28. The molecule has 1 heterocycles. The Morgan fingerprint density at radius 1 is 1.44 bits per heavy atom. The molecule has 1 fully saturated rings. The van der Waals surface area contributed by atoms with Crippen LogP contribution in [-0.4, -0.2) is 41.3 Å². The third-order valence-corrected chi connectivity index (χ3v) is 3.32. The molecule has 0 atom stereocenters. The van der Waals surface area contributed by atoms with Crippen molar-refractivity contribution in [3.8, 4) is 0 Å². The number of aliphatic hydroxyl groups is 1. The maximum Gasteiger partial charge on any atom is 0.134 e. The van der Waals surface area contributed by atoms with E-state index in [1.165, 1.54) is 0 Å². The molecule has 1 aliphatic rings. The zero-order valence-corrected chi connectivity index (χ0v) is 11.3. The van der Waals surface area contributed by atoms with Gasteiger partial charge >= 0.3 is 0 Å². The second-order valence-electron chi connectivity index (χ2n) is 5.06. The molecule has 1 aromatic heterocycles. The monoisotopic (exact) mass is 250 g/mol. The van der Waals surface area contributed by atoms with Gasteiger partial charge in [-0.3, -0.25) is 0 Å². The van der Waals surface area contributed by atoms with Gasteiger partial charge in [0.25, 0.3) is 0 Å². The number of anilines is 2. The maximum absolute atomic E-state index is 9.31. The van der Waals surface area contributed by atoms with Crippen LogP contribution in [0.15, 0.2) is 6.07 Å². The van der Waals surface area contributed by atoms with E-state index in [0.29, 0.717) is 5.92 Å². The predicted molar refractivity (Wildman–Crippen MR) is 72.9 cm³/mol. The average Bonchev–Trinajstić information content (AvgIpc) is 2.26. The smallest absolute Gasteiger partial charge is 0.134 e. The number of hydrogen-bond acceptors (Lipinski definition) is 5. The number of aliphatic hydroxyl groups excluding tert-OH is 1. The molecule has 0 aliphatic heterocycles. The number of rotatable bonds is 5. The van der Waals surface area contributed by atoms with Gasteiger partial charge in [0.15, 0.2) is 0 Å². The van der Waals surface area contributed by atoms with Crippen molar-refractivity contribution in [2.75, 3.05) is 30.4 Å². The molecule has 1 saturated carbocycles. The summed E-state index contributed by atoms with van der Waals surface area (Å²) in [6.07, 6.45) is 1.73. The Labute approximate surface area is 108 Å². The third kappa shape index (κ3) is 3.10. The molecule has 100 valence electrons. The number of nitrogens with zero attached hydrogens (tertiary/aromatic N) is 3. The Balaban J connectivity index is 2.02. The summed E-state index contributed by atoms with van der Waals surface area (Å²) in [5.74, 6) is 3.19. The van der Waals surface area contributed by atoms with Crippen molar-refractivity contribution in [1.82, 2.24) is 9.97 Å². The van der Waals surface area contributed by atoms with Crippen molar-refractivity contribution >= 4 is 11.6 Å². The molecule has 0 unspecified atom stereocenters. The Morgan fingerprint density at radius 2 is 2.17 bits per heavy atom. The van der Waals surface area contributed by atoms with Gasteiger partial charge in [-0.2, -0.15) is 0 Å². The molecule has 0 spiro atoms. The highest BCUT2D eigenvalue weighted by Gasteiger charge is 2.28. The van der Waals surface area contributed by atoms with Crippen LogP contribution >= 0.6 is 0 Å². The van der Waals surface area contributed by atoms with E-state index in [4.69, 9.17) is 0 Å². The summed E-state index contributed by atoms with van der Waals surface area (Å²) in [5.41, 5.74) is 0. The van der Waals surface area contributed by atoms with E-state index in [-0.39, 0.29) is 6.10 Å². The summed E-state index contributed by atoms with van der Waals surface area (Å²) in [6, 6.07) is 1.98. The predicted octanol–water partition coefficient (Wildman–Crippen LogP) is 1.42. The first kappa shape index (κ1) is 13.1. The lowest BCUT2D eigenvalue weighted by molar-refractivity contribution is 0.0464. The molecule has 0 amide bonds. The number of aryl methyl sites for hydroxylation is 1. The molecule has 2 N–H and O–H groups in total. The summed E-state index contributed by atoms with van der Waals surface area (Å²) < 4.78 is 0. The second-order valence-corrected chi connectivity index (χ2v) is 5.06. The van der Waals surface area contributed by atoms with E-state index in [2.05, 4.69) is 27.1 Å². The normalized spacial score (nSPS) is 22.4. The lowest BCUT2D eigenvalue weighted by Gasteiger charge is -2.34. The first-order valence-electron chi connectivity index (χ1n) is 6.57. The van der Waals surface area contributed by atoms with Crippen LogP contribution in [0.4, 0.5) is 11.6 Å². The van der Waals surface area contributed by atoms with Crippen LogP contribution in [0.3, 0.4) is 0 Å². The van der Waals surface area contributed by atoms with E-state index in [1.54, 1.807) is 0 Å². The molecule has 0 radical (unpaired) electrons. The van der Waals surface area contributed by atoms with Crippen molar-refractivity contribution in [1.29, 1.82) is 0 Å². The molecule has 18 heavy (non-hydrogen) atoms. The number of nitrogens with one attached hydrogen (secondary N) is 1. The van der Waals surface area contributed by atoms with Crippen LogP contribution in [0.25, 0.3) is 0 Å². The van der Waals surface area contributed by atoms with E-state index in [0.717, 1.165) is 43.4 Å². The van der Waals surface area contributed by atoms with E-state index in [9.17, 15) is 5.11 Å². The number of aromatic nitrogens is 2. The SMILES string of the molecule is CCNc1cc(N(C)CC2CC(O)C2)nc(C)n1. The zero-order valence-electron chi connectivity index (χ0n) is 11.3. The molecule has 0 bridgehead atoms. The van der Waals surface area contributed by atoms with Crippen LogP contribution < -0.4 is 10.2 Å². The molecular weight excluding hydrogens is 228 g/mol. The molecule has 0 saturated heterocycles. The van der Waals surface area contributed by atoms with Crippen molar-refractivity contribution in [2.24, 2.45) is 5.92 Å². The largest absolute Gasteiger partial charge is 0.393 e. The molecule has 2 rings (SSSR count). The minimum Gasteiger partial charge on any atom is -0.393 e. The fourth-order valence-corrected chi connectivity index (χ4v) is 2.35. The van der Waals surface area contributed by atoms with Gasteiger partial charge in [0, 0.05) is 26.2 Å². The lowest BCUT2D eigenvalue weighted by Crippen LogP contribution is -2.37. The minimum atomic E-state index is -0.0899. The highest BCUT2D eigenvalue weighted by molar-refractivity contribution is 5.48. The molecule has 1 aromatic rings. The lowest BCUT2D eigenvalue weighted by atomic mass is 9.82. The van der Waals surface area contributed by atoms with Gasteiger partial charge in [0.2, 0.25) is 0 Å². The quantitative estimate of drug-likeness (QED) is 0.827. The summed E-state index contributed by atoms with van der Waals surface area (Å²) in [6.45, 7) is 5.76. The van der Waals surface area contributed by atoms with Gasteiger partial charge in [-0.05, 0) is 32.6 Å². The second kappa shape index (κ2) is 5.52. The van der Waals surface area contributed by atoms with Crippen molar-refractivity contribution in [2.45, 2.75) is 32.8 Å². The van der Waals surface area contributed by atoms with E-state index < -0.39 is 0 Å². The Morgan fingerprint density at radius 3 is 2.78 bits per heavy atom. The molecule has 0 aromatic carbocycles. The Hall–Kier alpha value is -1.36. The number of hydrogen-bond donors (Lipinski definition) is 2. The maximum atomic E-state index is 9.31. The summed E-state index contributed by atoms with van der Waals surface area (Å²) in [7, 11) is 2.04. The minimum absolute atomic E-state index is 0.0899. The third-order valence-electron chi connectivity index (χ3n) is 3.32. The average molecular weight is 250 g/mol. The van der Waals surface area contributed by atoms with Crippen LogP contribution in [0, 0.1) is 12.8 Å². The van der Waals surface area contributed by atoms with Crippen LogP contribution in [0.1, 0.15) is 25.6 Å². The molecule has 1 aliphatic carbocycles. The Bertz CT molecular complexity index is 404. The molecule has 5 heteroatoms. The van der Waals surface area contributed by atoms with Crippen LogP contribution in [0.2, 0.25) is 0 Å². The van der Waals surface area contributed by atoms with Gasteiger partial charge in [-0.25, -0.2) is 9.97 Å². The van der Waals surface area contributed by atoms with E-state index >= 15 is 0 Å². The van der Waals surface area contributed by atoms with Crippen molar-refractivity contribution in [3.05, 3.63) is 11.9 Å². The first-order chi connectivity index (χ1) is 8.58. The standard InChI is InChI=1S/C13H22N4O/c1-4-14-12-7-13(16-9(2)15-12)17(3)8-10-5-11(18)6-10/h7,10-11,18H,4-6,8H2,1-3H3,(H,14,15,16). The molecule has 5 nitrogen and oxygen atoms in total. The Kier molecular flexibility index (Phi) is 4.01. The van der Waals surface area contributed by atoms with Gasteiger partial charge in [-0.1, -0.05) is 0 Å². The van der Waals surface area contributed by atoms with Gasteiger partial charge in [0.1, 0.15) is 17.5 Å². The zero-order chi connectivity index (χ0) is 13.1. The summed E-state index contributed by atoms with van der Waals surface area (Å²) in [4.78, 5) is 10.9. The van der Waals surface area contributed by atoms with Crippen LogP contribution in [0.5, 0.6) is 0 Å². The topological polar surface area (TPSA) is 61.3 Å².